The van der Waals surface area contributed by atoms with E-state index in [4.69, 9.17) is 19.2 Å². The molecule has 1 aromatic heterocycles. The highest BCUT2D eigenvalue weighted by Gasteiger charge is 2.34. The lowest BCUT2D eigenvalue weighted by Crippen LogP contribution is -2.35. The summed E-state index contributed by atoms with van der Waals surface area (Å²) in [5.74, 6) is 0.536. The van der Waals surface area contributed by atoms with Gasteiger partial charge in [-0.3, -0.25) is 4.90 Å². The molecule has 1 atom stereocenters. The molecule has 0 saturated carbocycles. The first-order valence-electron chi connectivity index (χ1n) is 10.3. The van der Waals surface area contributed by atoms with E-state index in [2.05, 4.69) is 6.92 Å². The third-order valence-corrected chi connectivity index (χ3v) is 5.19. The maximum Gasteiger partial charge on any atom is 0.415 e. The van der Waals surface area contributed by atoms with Gasteiger partial charge in [-0.1, -0.05) is 43.3 Å². The van der Waals surface area contributed by atoms with E-state index in [0.29, 0.717) is 25.6 Å². The molecule has 1 aliphatic rings. The molecule has 1 aliphatic heterocycles. The zero-order valence-corrected chi connectivity index (χ0v) is 18.6. The van der Waals surface area contributed by atoms with Gasteiger partial charge in [0, 0.05) is 19.1 Å². The fraction of sp³-hybridized carbons (Fsp3) is 0.500. The molecule has 2 aromatic rings. The predicted molar refractivity (Wildman–Crippen MR) is 117 cm³/mol. The molecule has 6 nitrogen and oxygen atoms in total. The highest BCUT2D eigenvalue weighted by atomic mass is 16.6. The number of hydrogen-bond acceptors (Lipinski definition) is 5. The molecule has 162 valence electrons. The fourth-order valence-electron chi connectivity index (χ4n) is 3.48. The summed E-state index contributed by atoms with van der Waals surface area (Å²) in [4.78, 5) is 18.7. The van der Waals surface area contributed by atoms with E-state index in [0.717, 1.165) is 29.8 Å². The van der Waals surface area contributed by atoms with Gasteiger partial charge >= 0.3 is 6.09 Å². The van der Waals surface area contributed by atoms with Crippen LogP contribution in [0.25, 0.3) is 0 Å². The first-order chi connectivity index (χ1) is 14.2. The van der Waals surface area contributed by atoms with Crippen molar-refractivity contribution in [3.63, 3.8) is 0 Å². The van der Waals surface area contributed by atoms with Crippen molar-refractivity contribution in [2.24, 2.45) is 0 Å². The van der Waals surface area contributed by atoms with Gasteiger partial charge in [-0.25, -0.2) is 9.78 Å². The number of carbonyl (C=O) groups is 1. The van der Waals surface area contributed by atoms with Crippen LogP contribution in [0.4, 0.5) is 10.6 Å². The van der Waals surface area contributed by atoms with Crippen molar-refractivity contribution in [3.8, 4) is 0 Å². The SMILES string of the molecule is CN(C(=O)OC(C)(C)C)c1ccc(C2(C)CCOC2)c(COCc2ccccc2)n1. The molecule has 0 aliphatic carbocycles. The number of anilines is 1. The van der Waals surface area contributed by atoms with E-state index < -0.39 is 11.7 Å². The Hall–Kier alpha value is -2.44. The van der Waals surface area contributed by atoms with Crippen molar-refractivity contribution in [3.05, 3.63) is 59.3 Å². The van der Waals surface area contributed by atoms with Crippen LogP contribution < -0.4 is 4.90 Å². The summed E-state index contributed by atoms with van der Waals surface area (Å²) in [6.07, 6.45) is 0.496. The van der Waals surface area contributed by atoms with Gasteiger partial charge in [-0.05, 0) is 44.4 Å². The zero-order chi connectivity index (χ0) is 21.8. The first-order valence-corrected chi connectivity index (χ1v) is 10.3. The molecule has 0 bridgehead atoms. The summed E-state index contributed by atoms with van der Waals surface area (Å²) in [5, 5.41) is 0. The van der Waals surface area contributed by atoms with Crippen molar-refractivity contribution in [2.75, 3.05) is 25.2 Å². The standard InChI is InChI=1S/C24H32N2O4/c1-23(2,3)30-22(27)26(5)21-12-11-19(24(4)13-14-28-17-24)20(25-21)16-29-15-18-9-7-6-8-10-18/h6-12H,13-17H2,1-5H3. The van der Waals surface area contributed by atoms with E-state index in [1.807, 2.05) is 63.2 Å². The quantitative estimate of drug-likeness (QED) is 0.679. The summed E-state index contributed by atoms with van der Waals surface area (Å²) in [5.41, 5.74) is 2.36. The molecule has 0 spiro atoms. The predicted octanol–water partition coefficient (Wildman–Crippen LogP) is 4.85. The number of benzene rings is 1. The Kier molecular flexibility index (Phi) is 6.78. The summed E-state index contributed by atoms with van der Waals surface area (Å²) < 4.78 is 17.1. The Labute approximate surface area is 179 Å². The number of rotatable bonds is 6. The van der Waals surface area contributed by atoms with Crippen LogP contribution in [0, 0.1) is 0 Å². The Morgan fingerprint density at radius 3 is 2.53 bits per heavy atom. The molecule has 2 heterocycles. The maximum absolute atomic E-state index is 12.5. The average Bonchev–Trinajstić information content (AvgIpc) is 3.14. The third kappa shape index (κ3) is 5.58. The molecule has 1 unspecified atom stereocenters. The molecular formula is C24H32N2O4. The minimum absolute atomic E-state index is 0.110. The normalized spacial score (nSPS) is 19.0. The molecule has 1 aromatic carbocycles. The highest BCUT2D eigenvalue weighted by Crippen LogP contribution is 2.35. The van der Waals surface area contributed by atoms with Gasteiger partial charge in [0.15, 0.2) is 0 Å². The molecule has 1 fully saturated rings. The van der Waals surface area contributed by atoms with Crippen molar-refractivity contribution in [1.82, 2.24) is 4.98 Å². The van der Waals surface area contributed by atoms with Crippen LogP contribution in [-0.4, -0.2) is 36.9 Å². The molecular weight excluding hydrogens is 380 g/mol. The van der Waals surface area contributed by atoms with E-state index >= 15 is 0 Å². The molecule has 6 heteroatoms. The first kappa shape index (κ1) is 22.2. The highest BCUT2D eigenvalue weighted by molar-refractivity contribution is 5.86. The second-order valence-corrected chi connectivity index (χ2v) is 9.04. The molecule has 1 saturated heterocycles. The van der Waals surface area contributed by atoms with Crippen molar-refractivity contribution < 1.29 is 19.0 Å². The average molecular weight is 413 g/mol. The zero-order valence-electron chi connectivity index (χ0n) is 18.6. The topological polar surface area (TPSA) is 60.9 Å². The van der Waals surface area contributed by atoms with Crippen molar-refractivity contribution in [1.29, 1.82) is 0 Å². The van der Waals surface area contributed by atoms with Crippen LogP contribution in [0.1, 0.15) is 50.9 Å². The van der Waals surface area contributed by atoms with Gasteiger partial charge in [0.2, 0.25) is 0 Å². The molecule has 0 N–H and O–H groups in total. The lowest BCUT2D eigenvalue weighted by atomic mass is 9.81. The lowest BCUT2D eigenvalue weighted by molar-refractivity contribution is 0.0588. The molecule has 30 heavy (non-hydrogen) atoms. The van der Waals surface area contributed by atoms with Crippen LogP contribution in [-0.2, 0) is 32.8 Å². The van der Waals surface area contributed by atoms with Gasteiger partial charge in [0.25, 0.3) is 0 Å². The van der Waals surface area contributed by atoms with E-state index in [9.17, 15) is 4.79 Å². The fourth-order valence-corrected chi connectivity index (χ4v) is 3.48. The number of amides is 1. The summed E-state index contributed by atoms with van der Waals surface area (Å²) in [7, 11) is 1.67. The van der Waals surface area contributed by atoms with Gasteiger partial charge in [-0.2, -0.15) is 0 Å². The second-order valence-electron chi connectivity index (χ2n) is 9.04. The molecule has 1 amide bonds. The number of pyridine rings is 1. The van der Waals surface area contributed by atoms with E-state index in [1.54, 1.807) is 7.05 Å². The molecule has 3 rings (SSSR count). The summed E-state index contributed by atoms with van der Waals surface area (Å²) in [6.45, 7) is 9.98. The minimum Gasteiger partial charge on any atom is -0.443 e. The number of nitrogens with zero attached hydrogens (tertiary/aromatic N) is 2. The van der Waals surface area contributed by atoms with Gasteiger partial charge in [-0.15, -0.1) is 0 Å². The number of carbonyl (C=O) groups excluding carboxylic acids is 1. The second kappa shape index (κ2) is 9.14. The molecule has 0 radical (unpaired) electrons. The summed E-state index contributed by atoms with van der Waals surface area (Å²) >= 11 is 0. The number of ether oxygens (including phenoxy) is 3. The van der Waals surface area contributed by atoms with Crippen LogP contribution in [0.3, 0.4) is 0 Å². The van der Waals surface area contributed by atoms with Crippen molar-refractivity contribution >= 4 is 11.9 Å². The van der Waals surface area contributed by atoms with E-state index in [1.165, 1.54) is 4.90 Å². The Morgan fingerprint density at radius 1 is 1.17 bits per heavy atom. The number of hydrogen-bond donors (Lipinski definition) is 0. The van der Waals surface area contributed by atoms with Crippen molar-refractivity contribution in [2.45, 2.75) is 58.3 Å². The van der Waals surface area contributed by atoms with Gasteiger partial charge in [0.05, 0.1) is 25.5 Å². The Morgan fingerprint density at radius 2 is 1.90 bits per heavy atom. The van der Waals surface area contributed by atoms with E-state index in [-0.39, 0.29) is 5.41 Å². The monoisotopic (exact) mass is 412 g/mol. The largest absolute Gasteiger partial charge is 0.443 e. The van der Waals surface area contributed by atoms with Gasteiger partial charge in [0.1, 0.15) is 11.4 Å². The smallest absolute Gasteiger partial charge is 0.415 e. The van der Waals surface area contributed by atoms with Gasteiger partial charge < -0.3 is 14.2 Å². The minimum atomic E-state index is -0.568. The van der Waals surface area contributed by atoms with Crippen LogP contribution in [0.5, 0.6) is 0 Å². The van der Waals surface area contributed by atoms with Crippen LogP contribution in [0.2, 0.25) is 0 Å². The maximum atomic E-state index is 12.5. The number of aromatic nitrogens is 1. The summed E-state index contributed by atoms with van der Waals surface area (Å²) in [6, 6.07) is 14.0. The Balaban J connectivity index is 1.82. The Bertz CT molecular complexity index is 855. The van der Waals surface area contributed by atoms with Crippen LogP contribution in [0.15, 0.2) is 42.5 Å². The van der Waals surface area contributed by atoms with Crippen LogP contribution >= 0.6 is 0 Å². The lowest BCUT2D eigenvalue weighted by Gasteiger charge is -2.27. The third-order valence-electron chi connectivity index (χ3n) is 5.19.